The minimum Gasteiger partial charge on any atom is -1.00 e. The largest absolute Gasteiger partial charge is 1.00 e. The van der Waals surface area contributed by atoms with Gasteiger partial charge in [-0.1, -0.05) is 30.7 Å². The first-order valence-electron chi connectivity index (χ1n) is 10.1. The van der Waals surface area contributed by atoms with Crippen LogP contribution in [0.25, 0.3) is 6.08 Å². The summed E-state index contributed by atoms with van der Waals surface area (Å²) < 4.78 is 13.9. The minimum absolute atomic E-state index is 0. The van der Waals surface area contributed by atoms with E-state index in [4.69, 9.17) is 0 Å². The highest BCUT2D eigenvalue weighted by atomic mass is 127. The summed E-state index contributed by atoms with van der Waals surface area (Å²) in [6.07, 6.45) is 9.80. The Morgan fingerprint density at radius 1 is 1.10 bits per heavy atom. The van der Waals surface area contributed by atoms with E-state index in [1.165, 1.54) is 55.9 Å². The summed E-state index contributed by atoms with van der Waals surface area (Å²) in [7, 11) is 4.62. The molecule has 3 nitrogen and oxygen atoms in total. The van der Waals surface area contributed by atoms with Crippen LogP contribution in [-0.4, -0.2) is 30.5 Å². The predicted octanol–water partition coefficient (Wildman–Crippen LogP) is 2.39. The van der Waals surface area contributed by atoms with Gasteiger partial charge in [-0.15, -0.1) is 0 Å². The molecule has 1 amide bonds. The first-order chi connectivity index (χ1) is 13.4. The number of carbonyl (C=O) groups excluding carboxylic acids is 1. The zero-order valence-electron chi connectivity index (χ0n) is 17.2. The summed E-state index contributed by atoms with van der Waals surface area (Å²) in [5.41, 5.74) is 2.82. The number of benzene rings is 2. The molecule has 1 N–H and O–H groups in total. The molecule has 0 bridgehead atoms. The molecular formula is C24H30FIN2O. The standard InChI is InChI=1S/C24H29FN2O.HI/c1-27(2,23-9-4-3-5-10-23)18-20-7-6-8-22(17-20)26-24(28)16-13-19-11-14-21(25)15-12-19;/h6-8,11-17,23H,3-5,9-10,18H2,1-2H3;1H/b16-13+;. The van der Waals surface area contributed by atoms with Gasteiger partial charge in [-0.3, -0.25) is 4.79 Å². The second kappa shape index (κ2) is 10.9. The molecule has 3 rings (SSSR count). The Bertz CT molecular complexity index is 827. The van der Waals surface area contributed by atoms with E-state index in [-0.39, 0.29) is 35.7 Å². The number of hydrogen-bond acceptors (Lipinski definition) is 1. The van der Waals surface area contributed by atoms with E-state index in [9.17, 15) is 9.18 Å². The summed E-state index contributed by atoms with van der Waals surface area (Å²) in [6.45, 7) is 0.958. The molecule has 156 valence electrons. The number of rotatable bonds is 6. The molecule has 0 heterocycles. The SMILES string of the molecule is C[N+](C)(Cc1cccc(NC(=O)/C=C/c2ccc(F)cc2)c1)C1CCCCC1.[I-]. The van der Waals surface area contributed by atoms with Crippen LogP contribution in [0.4, 0.5) is 10.1 Å². The van der Waals surface area contributed by atoms with Crippen LogP contribution in [0.15, 0.2) is 54.6 Å². The number of carbonyl (C=O) groups is 1. The Kier molecular flexibility index (Phi) is 8.83. The van der Waals surface area contributed by atoms with Crippen LogP contribution in [0.5, 0.6) is 0 Å². The molecule has 1 fully saturated rings. The van der Waals surface area contributed by atoms with Gasteiger partial charge in [0, 0.05) is 17.3 Å². The number of halogens is 2. The fourth-order valence-electron chi connectivity index (χ4n) is 4.06. The lowest BCUT2D eigenvalue weighted by atomic mass is 9.92. The highest BCUT2D eigenvalue weighted by Crippen LogP contribution is 2.28. The summed E-state index contributed by atoms with van der Waals surface area (Å²) in [5, 5.41) is 2.92. The third kappa shape index (κ3) is 7.23. The van der Waals surface area contributed by atoms with E-state index in [2.05, 4.69) is 31.5 Å². The Hall–Kier alpha value is -1.73. The molecular weight excluding hydrogens is 478 g/mol. The van der Waals surface area contributed by atoms with Crippen LogP contribution in [0.3, 0.4) is 0 Å². The average molecular weight is 508 g/mol. The second-order valence-electron chi connectivity index (χ2n) is 8.30. The number of anilines is 1. The summed E-state index contributed by atoms with van der Waals surface area (Å²) in [6, 6.07) is 14.9. The summed E-state index contributed by atoms with van der Waals surface area (Å²) in [5.74, 6) is -0.476. The molecule has 0 radical (unpaired) electrons. The van der Waals surface area contributed by atoms with E-state index >= 15 is 0 Å². The normalized spacial score (nSPS) is 15.1. The van der Waals surface area contributed by atoms with Gasteiger partial charge in [0.05, 0.1) is 20.1 Å². The van der Waals surface area contributed by atoms with Gasteiger partial charge >= 0.3 is 0 Å². The topological polar surface area (TPSA) is 29.1 Å². The third-order valence-corrected chi connectivity index (χ3v) is 5.64. The quantitative estimate of drug-likeness (QED) is 0.363. The molecule has 2 aromatic carbocycles. The molecule has 1 aliphatic carbocycles. The average Bonchev–Trinajstić information content (AvgIpc) is 2.68. The Morgan fingerprint density at radius 2 is 1.79 bits per heavy atom. The smallest absolute Gasteiger partial charge is 0.248 e. The van der Waals surface area contributed by atoms with Gasteiger partial charge in [-0.05, 0) is 61.6 Å². The number of nitrogens with zero attached hydrogens (tertiary/aromatic N) is 1. The van der Waals surface area contributed by atoms with E-state index in [1.807, 2.05) is 12.1 Å². The zero-order valence-corrected chi connectivity index (χ0v) is 19.4. The van der Waals surface area contributed by atoms with Crippen molar-refractivity contribution in [2.45, 2.75) is 44.7 Å². The fourth-order valence-corrected chi connectivity index (χ4v) is 4.06. The lowest BCUT2D eigenvalue weighted by Crippen LogP contribution is -3.00. The van der Waals surface area contributed by atoms with Crippen LogP contribution in [0.2, 0.25) is 0 Å². The molecule has 0 saturated heterocycles. The van der Waals surface area contributed by atoms with Crippen molar-refractivity contribution in [2.24, 2.45) is 0 Å². The molecule has 1 saturated carbocycles. The van der Waals surface area contributed by atoms with E-state index in [0.717, 1.165) is 22.3 Å². The predicted molar refractivity (Wildman–Crippen MR) is 113 cm³/mol. The van der Waals surface area contributed by atoms with Crippen LogP contribution < -0.4 is 29.3 Å². The lowest BCUT2D eigenvalue weighted by Gasteiger charge is -2.40. The molecule has 0 aromatic heterocycles. The van der Waals surface area contributed by atoms with Gasteiger partial charge in [0.2, 0.25) is 5.91 Å². The molecule has 1 aliphatic rings. The third-order valence-electron chi connectivity index (χ3n) is 5.64. The molecule has 0 spiro atoms. The van der Waals surface area contributed by atoms with Gasteiger partial charge < -0.3 is 33.8 Å². The highest BCUT2D eigenvalue weighted by Gasteiger charge is 2.29. The van der Waals surface area contributed by atoms with Crippen LogP contribution in [0.1, 0.15) is 43.2 Å². The second-order valence-corrected chi connectivity index (χ2v) is 8.30. The Morgan fingerprint density at radius 3 is 2.48 bits per heavy atom. The lowest BCUT2D eigenvalue weighted by molar-refractivity contribution is -0.929. The van der Waals surface area contributed by atoms with Crippen molar-refractivity contribution in [3.8, 4) is 0 Å². The van der Waals surface area contributed by atoms with Crippen molar-refractivity contribution in [3.63, 3.8) is 0 Å². The maximum Gasteiger partial charge on any atom is 0.248 e. The first kappa shape index (κ1) is 23.5. The van der Waals surface area contributed by atoms with Crippen molar-refractivity contribution in [1.29, 1.82) is 0 Å². The van der Waals surface area contributed by atoms with Gasteiger partial charge in [0.1, 0.15) is 12.4 Å². The fraction of sp³-hybridized carbons (Fsp3) is 0.375. The van der Waals surface area contributed by atoms with Crippen molar-refractivity contribution in [3.05, 3.63) is 71.6 Å². The van der Waals surface area contributed by atoms with Crippen molar-refractivity contribution >= 4 is 17.7 Å². The summed E-state index contributed by atoms with van der Waals surface area (Å²) in [4.78, 5) is 12.2. The van der Waals surface area contributed by atoms with Crippen molar-refractivity contribution in [1.82, 2.24) is 0 Å². The number of amides is 1. The van der Waals surface area contributed by atoms with E-state index in [1.54, 1.807) is 18.2 Å². The highest BCUT2D eigenvalue weighted by molar-refractivity contribution is 6.01. The van der Waals surface area contributed by atoms with Gasteiger partial charge in [-0.2, -0.15) is 0 Å². The molecule has 0 unspecified atom stereocenters. The first-order valence-corrected chi connectivity index (χ1v) is 10.1. The van der Waals surface area contributed by atoms with Crippen LogP contribution >= 0.6 is 0 Å². The maximum atomic E-state index is 12.9. The van der Waals surface area contributed by atoms with Crippen molar-refractivity contribution in [2.75, 3.05) is 19.4 Å². The Labute approximate surface area is 190 Å². The number of nitrogens with one attached hydrogen (secondary N) is 1. The summed E-state index contributed by atoms with van der Waals surface area (Å²) >= 11 is 0. The van der Waals surface area contributed by atoms with Gasteiger partial charge in [-0.25, -0.2) is 4.39 Å². The molecule has 2 aromatic rings. The monoisotopic (exact) mass is 508 g/mol. The Balaban J connectivity index is 0.00000300. The van der Waals surface area contributed by atoms with Gasteiger partial charge in [0.15, 0.2) is 0 Å². The molecule has 0 aliphatic heterocycles. The minimum atomic E-state index is -0.284. The molecule has 0 atom stereocenters. The number of hydrogen-bond donors (Lipinski definition) is 1. The van der Waals surface area contributed by atoms with E-state index in [0.29, 0.717) is 6.04 Å². The number of quaternary nitrogens is 1. The van der Waals surface area contributed by atoms with Crippen molar-refractivity contribution < 1.29 is 37.6 Å². The maximum absolute atomic E-state index is 12.9. The van der Waals surface area contributed by atoms with Crippen LogP contribution in [0, 0.1) is 5.82 Å². The van der Waals surface area contributed by atoms with E-state index < -0.39 is 0 Å². The van der Waals surface area contributed by atoms with Crippen LogP contribution in [-0.2, 0) is 11.3 Å². The van der Waals surface area contributed by atoms with Gasteiger partial charge in [0.25, 0.3) is 0 Å². The molecule has 5 heteroatoms. The zero-order chi connectivity index (χ0) is 20.0. The molecule has 29 heavy (non-hydrogen) atoms.